The van der Waals surface area contributed by atoms with Crippen LogP contribution in [0.5, 0.6) is 11.8 Å². The largest absolute Gasteiger partial charge is 0.481 e. The average Bonchev–Trinajstić information content (AvgIpc) is 3.52. The summed E-state index contributed by atoms with van der Waals surface area (Å²) < 4.78 is 89.4. The maximum Gasteiger partial charge on any atom is 0.355 e. The molecule has 0 saturated carbocycles. The van der Waals surface area contributed by atoms with Crippen molar-refractivity contribution in [2.45, 2.75) is 18.5 Å². The summed E-state index contributed by atoms with van der Waals surface area (Å²) in [6, 6.07) is 7.43. The zero-order chi connectivity index (χ0) is 37.1. The molecule has 0 aliphatic rings. The van der Waals surface area contributed by atoms with E-state index in [1.807, 2.05) is 4.72 Å². The molecule has 0 radical (unpaired) electrons. The predicted octanol–water partition coefficient (Wildman–Crippen LogP) is 3.72. The topological polar surface area (TPSA) is 223 Å². The van der Waals surface area contributed by atoms with Crippen molar-refractivity contribution in [2.75, 3.05) is 30.5 Å². The Bertz CT molecular complexity index is 2350. The van der Waals surface area contributed by atoms with Gasteiger partial charge >= 0.3 is 18.3 Å². The van der Waals surface area contributed by atoms with E-state index < -0.39 is 38.3 Å². The number of alkyl halides is 2. The third kappa shape index (κ3) is 8.68. The molecule has 268 valence electrons. The number of ether oxygens (including phenoxy) is 2. The van der Waals surface area contributed by atoms with Crippen molar-refractivity contribution in [2.24, 2.45) is 0 Å². The highest BCUT2D eigenvalue weighted by Gasteiger charge is 2.27. The summed E-state index contributed by atoms with van der Waals surface area (Å²) in [6.45, 7) is -1.85. The van der Waals surface area contributed by atoms with Gasteiger partial charge in [0.1, 0.15) is 11.5 Å². The smallest absolute Gasteiger partial charge is 0.355 e. The molecular formula is C25H23Cl3F2N10O8S2. The lowest BCUT2D eigenvalue weighted by molar-refractivity contribution is 0.0640. The molecule has 4 aromatic heterocycles. The molecule has 1 aromatic carbocycles. The molecule has 3 N–H and O–H groups in total. The molecule has 5 aromatic rings. The maximum atomic E-state index is 12.8. The Morgan fingerprint density at radius 2 is 1.60 bits per heavy atom. The Morgan fingerprint density at radius 3 is 2.16 bits per heavy atom. The fourth-order valence-electron chi connectivity index (χ4n) is 3.99. The van der Waals surface area contributed by atoms with E-state index in [-0.39, 0.29) is 59.7 Å². The lowest BCUT2D eigenvalue weighted by atomic mass is 10.3. The number of rotatable bonds is 9. The number of carbonyl (C=O) groups excluding carboxylic acids is 1. The van der Waals surface area contributed by atoms with Crippen molar-refractivity contribution in [3.8, 4) is 17.4 Å². The number of methoxy groups -OCH3 is 2. The number of pyridine rings is 1. The number of urea groups is 1. The van der Waals surface area contributed by atoms with Gasteiger partial charge in [0.05, 0.1) is 48.0 Å². The van der Waals surface area contributed by atoms with Crippen LogP contribution in [0.3, 0.4) is 0 Å². The normalized spacial score (nSPS) is 11.6. The van der Waals surface area contributed by atoms with Crippen LogP contribution in [-0.2, 0) is 20.0 Å². The molecule has 25 heteroatoms. The molecule has 0 fully saturated rings. The summed E-state index contributed by atoms with van der Waals surface area (Å²) in [5.41, 5.74) is -0.962. The molecular weight excluding hydrogens is 777 g/mol. The Hall–Kier alpha value is -4.77. The number of amides is 2. The fraction of sp³-hybridized carbons (Fsp3) is 0.200. The predicted molar refractivity (Wildman–Crippen MR) is 177 cm³/mol. The van der Waals surface area contributed by atoms with Crippen molar-refractivity contribution < 1.29 is 39.9 Å². The number of aryl methyl sites for hydroxylation is 1. The number of hydrogen-bond acceptors (Lipinski definition) is 12. The van der Waals surface area contributed by atoms with Crippen LogP contribution in [0.2, 0.25) is 15.2 Å². The molecule has 0 aliphatic heterocycles. The Labute approximate surface area is 296 Å². The second-order valence-corrected chi connectivity index (χ2v) is 14.0. The van der Waals surface area contributed by atoms with Crippen LogP contribution in [0, 0.1) is 6.92 Å². The van der Waals surface area contributed by atoms with Crippen LogP contribution in [-0.4, -0.2) is 77.0 Å². The van der Waals surface area contributed by atoms with Gasteiger partial charge in [-0.3, -0.25) is 14.4 Å². The quantitative estimate of drug-likeness (QED) is 0.194. The first-order valence-corrected chi connectivity index (χ1v) is 17.7. The van der Waals surface area contributed by atoms with Crippen LogP contribution in [0.4, 0.5) is 25.2 Å². The molecule has 4 heterocycles. The van der Waals surface area contributed by atoms with Gasteiger partial charge in [-0.2, -0.15) is 31.8 Å². The number of sulfonamides is 2. The molecule has 18 nitrogen and oxygen atoms in total. The molecule has 5 rings (SSSR count). The third-order valence-corrected chi connectivity index (χ3v) is 8.92. The van der Waals surface area contributed by atoms with E-state index in [0.29, 0.717) is 10.3 Å². The summed E-state index contributed by atoms with van der Waals surface area (Å²) in [4.78, 5) is 35.8. The third-order valence-electron chi connectivity index (χ3n) is 5.99. The summed E-state index contributed by atoms with van der Waals surface area (Å²) in [7, 11) is -5.26. The minimum atomic E-state index is -4.34. The molecule has 0 aliphatic carbocycles. The minimum absolute atomic E-state index is 0.0257. The first kappa shape index (κ1) is 38.0. The second kappa shape index (κ2) is 15.0. The van der Waals surface area contributed by atoms with E-state index in [0.717, 1.165) is 12.3 Å². The number of hydrogen-bond donors (Lipinski definition) is 3. The maximum absolute atomic E-state index is 12.8. The summed E-state index contributed by atoms with van der Waals surface area (Å²) in [6.07, 6.45) is 2.36. The van der Waals surface area contributed by atoms with Crippen LogP contribution >= 0.6 is 34.8 Å². The Kier molecular flexibility index (Phi) is 11.4. The van der Waals surface area contributed by atoms with Crippen LogP contribution in [0.25, 0.3) is 11.3 Å². The monoisotopic (exact) mass is 798 g/mol. The van der Waals surface area contributed by atoms with Crippen molar-refractivity contribution in [3.05, 3.63) is 74.1 Å². The highest BCUT2D eigenvalue weighted by molar-refractivity contribution is 7.92. The van der Waals surface area contributed by atoms with Gasteiger partial charge in [0.15, 0.2) is 10.2 Å². The first-order chi connectivity index (χ1) is 23.3. The zero-order valence-electron chi connectivity index (χ0n) is 25.7. The number of anilines is 2. The zero-order valence-corrected chi connectivity index (χ0v) is 29.6. The van der Waals surface area contributed by atoms with E-state index in [1.54, 1.807) is 18.2 Å². The van der Waals surface area contributed by atoms with Gasteiger partial charge in [-0.25, -0.2) is 32.3 Å². The average molecular weight is 800 g/mol. The van der Waals surface area contributed by atoms with Crippen LogP contribution in [0.1, 0.15) is 12.4 Å². The number of carbonyl (C=O) groups is 1. The minimum Gasteiger partial charge on any atom is -0.481 e. The molecule has 50 heavy (non-hydrogen) atoms. The summed E-state index contributed by atoms with van der Waals surface area (Å²) >= 11 is 17.8. The van der Waals surface area contributed by atoms with Gasteiger partial charge in [0, 0.05) is 6.20 Å². The van der Waals surface area contributed by atoms with E-state index in [4.69, 9.17) is 44.3 Å². The van der Waals surface area contributed by atoms with E-state index >= 15 is 0 Å². The van der Waals surface area contributed by atoms with E-state index in [2.05, 4.69) is 30.1 Å². The number of halogens is 5. The summed E-state index contributed by atoms with van der Waals surface area (Å²) in [5.74, 6) is -0.216. The number of aromatic nitrogens is 7. The van der Waals surface area contributed by atoms with Gasteiger partial charge in [0.25, 0.3) is 10.0 Å². The highest BCUT2D eigenvalue weighted by Crippen LogP contribution is 2.31. The molecule has 0 unspecified atom stereocenters. The lowest BCUT2D eigenvalue weighted by Gasteiger charge is -2.10. The fourth-order valence-corrected chi connectivity index (χ4v) is 6.68. The standard InChI is InChI=1S/C14H13ClN6O5S.C11H10Cl2F2N4O3S/c1-25-9-7-10(26-2)18-13(17-9)19-14(22)20-27(23,24)12-11(15)16-8-5-3-4-6-21(8)12;1-5-16-19(11(20)18(5)10(14)15)9-4-8(17-23(2,21)22)6(12)3-7(9)13/h3-7H,1-2H3,(H2,17,18,19,20,22);3-4,10,17H,1-2H3. The van der Waals surface area contributed by atoms with Crippen molar-refractivity contribution in [1.82, 2.24) is 38.4 Å². The number of imidazole rings is 1. The molecule has 2 amide bonds. The van der Waals surface area contributed by atoms with Crippen LogP contribution in [0.15, 0.2) is 52.4 Å². The van der Waals surface area contributed by atoms with Crippen molar-refractivity contribution in [1.29, 1.82) is 0 Å². The second-order valence-electron chi connectivity index (χ2n) is 9.52. The Balaban J connectivity index is 0.000000228. The molecule has 0 spiro atoms. The van der Waals surface area contributed by atoms with Gasteiger partial charge in [-0.05, 0) is 31.2 Å². The highest BCUT2D eigenvalue weighted by atomic mass is 35.5. The Morgan fingerprint density at radius 1 is 0.960 bits per heavy atom. The van der Waals surface area contributed by atoms with Crippen molar-refractivity contribution in [3.63, 3.8) is 0 Å². The van der Waals surface area contributed by atoms with Gasteiger partial charge < -0.3 is 9.47 Å². The SMILES string of the molecule is COc1cc(OC)nc(NC(=O)NS(=O)(=O)c2c(Cl)nc3ccccn23)n1.Cc1nn(-c2cc(NS(C)(=O)=O)c(Cl)cc2Cl)c(=O)n1C(F)F. The van der Waals surface area contributed by atoms with E-state index in [1.165, 1.54) is 43.9 Å². The number of benzene rings is 1. The first-order valence-electron chi connectivity index (χ1n) is 13.2. The molecule has 0 saturated heterocycles. The van der Waals surface area contributed by atoms with Gasteiger partial charge in [-0.15, -0.1) is 5.10 Å². The number of nitrogens with zero attached hydrogens (tertiary/aromatic N) is 7. The van der Waals surface area contributed by atoms with Crippen molar-refractivity contribution >= 4 is 78.2 Å². The van der Waals surface area contributed by atoms with Gasteiger partial charge in [-0.1, -0.05) is 40.9 Å². The van der Waals surface area contributed by atoms with E-state index in [9.17, 15) is 35.2 Å². The van der Waals surface area contributed by atoms with Crippen LogP contribution < -0.4 is 29.9 Å². The lowest BCUT2D eigenvalue weighted by Crippen LogP contribution is -2.35. The number of fused-ring (bicyclic) bond motifs is 1. The molecule has 0 bridgehead atoms. The summed E-state index contributed by atoms with van der Waals surface area (Å²) in [5, 5.41) is 5.17. The molecule has 0 atom stereocenters. The van der Waals surface area contributed by atoms with Gasteiger partial charge in [0.2, 0.25) is 27.7 Å². The number of nitrogens with one attached hydrogen (secondary N) is 3.